The smallest absolute Gasteiger partial charge is 0.154 e. The molecule has 0 atom stereocenters. The molecule has 0 aliphatic carbocycles. The van der Waals surface area contributed by atoms with Crippen molar-refractivity contribution in [1.29, 1.82) is 0 Å². The van der Waals surface area contributed by atoms with Crippen LogP contribution in [0.1, 0.15) is 10.4 Å². The highest BCUT2D eigenvalue weighted by Crippen LogP contribution is 2.28. The van der Waals surface area contributed by atoms with E-state index in [0.717, 1.165) is 21.9 Å². The Bertz CT molecular complexity index is 708. The summed E-state index contributed by atoms with van der Waals surface area (Å²) in [6.45, 7) is 0. The normalized spacial score (nSPS) is 10.4. The zero-order chi connectivity index (χ0) is 13.8. The predicted molar refractivity (Wildman–Crippen MR) is 79.5 cm³/mol. The van der Waals surface area contributed by atoms with Crippen LogP contribution in [-0.2, 0) is 0 Å². The van der Waals surface area contributed by atoms with E-state index in [0.29, 0.717) is 5.56 Å². The van der Waals surface area contributed by atoms with Crippen molar-refractivity contribution in [3.8, 4) is 5.69 Å². The monoisotopic (exact) mass is 280 g/mol. The van der Waals surface area contributed by atoms with E-state index in [1.807, 2.05) is 60.7 Å². The van der Waals surface area contributed by atoms with E-state index >= 15 is 0 Å². The van der Waals surface area contributed by atoms with E-state index in [-0.39, 0.29) is 0 Å². The van der Waals surface area contributed by atoms with Gasteiger partial charge in [0.25, 0.3) is 0 Å². The minimum Gasteiger partial charge on any atom is -0.298 e. The van der Waals surface area contributed by atoms with Crippen LogP contribution < -0.4 is 0 Å². The molecule has 3 rings (SSSR count). The standard InChI is InChI=1S/C16H12N2OS/c19-12-13-11-18(14-7-3-1-4-8-14)17-16(13)20-15-9-5-2-6-10-15/h1-12H. The molecule has 0 radical (unpaired) electrons. The summed E-state index contributed by atoms with van der Waals surface area (Å²) in [5.74, 6) is 0. The van der Waals surface area contributed by atoms with Gasteiger partial charge in [0.05, 0.1) is 11.3 Å². The maximum absolute atomic E-state index is 11.2. The summed E-state index contributed by atoms with van der Waals surface area (Å²) in [5.41, 5.74) is 1.54. The molecule has 1 aromatic heterocycles. The molecule has 2 aromatic carbocycles. The largest absolute Gasteiger partial charge is 0.298 e. The van der Waals surface area contributed by atoms with Crippen LogP contribution in [0, 0.1) is 0 Å². The fourth-order valence-electron chi connectivity index (χ4n) is 1.84. The van der Waals surface area contributed by atoms with Crippen LogP contribution in [0.3, 0.4) is 0 Å². The van der Waals surface area contributed by atoms with Crippen molar-refractivity contribution in [3.63, 3.8) is 0 Å². The highest BCUT2D eigenvalue weighted by Gasteiger charge is 2.10. The first kappa shape index (κ1) is 12.7. The minimum absolute atomic E-state index is 0.600. The molecule has 1 heterocycles. The Labute approximate surface area is 121 Å². The maximum atomic E-state index is 11.2. The van der Waals surface area contributed by atoms with E-state index in [9.17, 15) is 4.79 Å². The van der Waals surface area contributed by atoms with Gasteiger partial charge in [-0.05, 0) is 24.3 Å². The zero-order valence-corrected chi connectivity index (χ0v) is 11.5. The van der Waals surface area contributed by atoms with Crippen LogP contribution in [0.4, 0.5) is 0 Å². The highest BCUT2D eigenvalue weighted by molar-refractivity contribution is 7.99. The molecule has 3 aromatic rings. The molecule has 4 heteroatoms. The van der Waals surface area contributed by atoms with E-state index in [1.165, 1.54) is 11.8 Å². The van der Waals surface area contributed by atoms with Gasteiger partial charge in [-0.3, -0.25) is 4.79 Å². The summed E-state index contributed by atoms with van der Waals surface area (Å²) in [6.07, 6.45) is 2.60. The van der Waals surface area contributed by atoms with Crippen LogP contribution in [0.15, 0.2) is 76.8 Å². The van der Waals surface area contributed by atoms with Gasteiger partial charge in [0.1, 0.15) is 5.03 Å². The Kier molecular flexibility index (Phi) is 3.65. The number of aromatic nitrogens is 2. The maximum Gasteiger partial charge on any atom is 0.154 e. The third-order valence-electron chi connectivity index (χ3n) is 2.81. The van der Waals surface area contributed by atoms with E-state index < -0.39 is 0 Å². The Morgan fingerprint density at radius 3 is 2.25 bits per heavy atom. The molecule has 0 N–H and O–H groups in total. The van der Waals surface area contributed by atoms with Crippen LogP contribution in [0.2, 0.25) is 0 Å². The zero-order valence-electron chi connectivity index (χ0n) is 10.6. The summed E-state index contributed by atoms with van der Waals surface area (Å²) in [5, 5.41) is 5.21. The van der Waals surface area contributed by atoms with Crippen molar-refractivity contribution in [2.75, 3.05) is 0 Å². The third kappa shape index (κ3) is 2.65. The fourth-order valence-corrected chi connectivity index (χ4v) is 2.71. The Morgan fingerprint density at radius 1 is 0.950 bits per heavy atom. The van der Waals surface area contributed by atoms with Crippen molar-refractivity contribution < 1.29 is 4.79 Å². The number of benzene rings is 2. The van der Waals surface area contributed by atoms with Gasteiger partial charge in [-0.1, -0.05) is 48.2 Å². The molecule has 0 fully saturated rings. The van der Waals surface area contributed by atoms with Crippen LogP contribution in [0.25, 0.3) is 5.69 Å². The number of hydrogen-bond acceptors (Lipinski definition) is 3. The average molecular weight is 280 g/mol. The summed E-state index contributed by atoms with van der Waals surface area (Å²) in [6, 6.07) is 19.7. The fraction of sp³-hybridized carbons (Fsp3) is 0. The van der Waals surface area contributed by atoms with E-state index in [2.05, 4.69) is 5.10 Å². The van der Waals surface area contributed by atoms with Crippen molar-refractivity contribution in [3.05, 3.63) is 72.4 Å². The van der Waals surface area contributed by atoms with Gasteiger partial charge in [0.2, 0.25) is 0 Å². The number of hydrogen-bond donors (Lipinski definition) is 0. The molecule has 0 saturated heterocycles. The summed E-state index contributed by atoms with van der Waals surface area (Å²) < 4.78 is 1.73. The number of aldehydes is 1. The van der Waals surface area contributed by atoms with Crippen molar-refractivity contribution in [1.82, 2.24) is 9.78 Å². The first-order valence-electron chi connectivity index (χ1n) is 6.20. The molecule has 0 spiro atoms. The third-order valence-corrected chi connectivity index (χ3v) is 3.83. The second-order valence-corrected chi connectivity index (χ2v) is 5.26. The molecule has 0 bridgehead atoms. The van der Waals surface area contributed by atoms with Gasteiger partial charge in [0, 0.05) is 11.1 Å². The lowest BCUT2D eigenvalue weighted by Crippen LogP contribution is -1.93. The van der Waals surface area contributed by atoms with Crippen molar-refractivity contribution in [2.45, 2.75) is 9.92 Å². The van der Waals surface area contributed by atoms with Gasteiger partial charge in [0.15, 0.2) is 6.29 Å². The predicted octanol–water partition coefficient (Wildman–Crippen LogP) is 3.84. The lowest BCUT2D eigenvalue weighted by atomic mass is 10.3. The number of nitrogens with zero attached hydrogens (tertiary/aromatic N) is 2. The minimum atomic E-state index is 0.600. The molecule has 0 aliphatic heterocycles. The molecular weight excluding hydrogens is 268 g/mol. The average Bonchev–Trinajstić information content (AvgIpc) is 2.92. The first-order chi connectivity index (χ1) is 9.86. The first-order valence-corrected chi connectivity index (χ1v) is 7.01. The lowest BCUT2D eigenvalue weighted by Gasteiger charge is -2.00. The molecule has 20 heavy (non-hydrogen) atoms. The van der Waals surface area contributed by atoms with E-state index in [1.54, 1.807) is 10.9 Å². The molecule has 0 saturated carbocycles. The SMILES string of the molecule is O=Cc1cn(-c2ccccc2)nc1Sc1ccccc1. The van der Waals surface area contributed by atoms with Crippen molar-refractivity contribution >= 4 is 18.0 Å². The van der Waals surface area contributed by atoms with Crippen LogP contribution in [0.5, 0.6) is 0 Å². The quantitative estimate of drug-likeness (QED) is 0.681. The van der Waals surface area contributed by atoms with Gasteiger partial charge in [-0.15, -0.1) is 0 Å². The van der Waals surface area contributed by atoms with E-state index in [4.69, 9.17) is 0 Å². The molecule has 98 valence electrons. The van der Waals surface area contributed by atoms with Gasteiger partial charge < -0.3 is 0 Å². The number of rotatable bonds is 4. The molecular formula is C16H12N2OS. The highest BCUT2D eigenvalue weighted by atomic mass is 32.2. The second-order valence-electron chi connectivity index (χ2n) is 4.20. The summed E-state index contributed by atoms with van der Waals surface area (Å²) in [7, 11) is 0. The Balaban J connectivity index is 1.95. The van der Waals surface area contributed by atoms with Crippen molar-refractivity contribution in [2.24, 2.45) is 0 Å². The second kappa shape index (κ2) is 5.75. The van der Waals surface area contributed by atoms with Gasteiger partial charge >= 0.3 is 0 Å². The number of para-hydroxylation sites is 1. The number of carbonyl (C=O) groups excluding carboxylic acids is 1. The summed E-state index contributed by atoms with van der Waals surface area (Å²) >= 11 is 1.49. The molecule has 0 aliphatic rings. The number of carbonyl (C=O) groups is 1. The van der Waals surface area contributed by atoms with Crippen LogP contribution >= 0.6 is 11.8 Å². The van der Waals surface area contributed by atoms with Gasteiger partial charge in [-0.25, -0.2) is 4.68 Å². The van der Waals surface area contributed by atoms with Crippen LogP contribution in [-0.4, -0.2) is 16.1 Å². The topological polar surface area (TPSA) is 34.9 Å². The summed E-state index contributed by atoms with van der Waals surface area (Å²) in [4.78, 5) is 12.3. The molecule has 0 amide bonds. The Morgan fingerprint density at radius 2 is 1.60 bits per heavy atom. The molecule has 0 unspecified atom stereocenters. The lowest BCUT2D eigenvalue weighted by molar-refractivity contribution is 0.112. The molecule has 3 nitrogen and oxygen atoms in total. The van der Waals surface area contributed by atoms with Gasteiger partial charge in [-0.2, -0.15) is 5.10 Å². The Hall–Kier alpha value is -2.33.